The largest absolute Gasteiger partial charge is 0.468 e. The van der Waals surface area contributed by atoms with Crippen LogP contribution in [0.15, 0.2) is 0 Å². The van der Waals surface area contributed by atoms with Crippen molar-refractivity contribution in [3.63, 3.8) is 0 Å². The van der Waals surface area contributed by atoms with Crippen molar-refractivity contribution in [2.75, 3.05) is 26.8 Å². The normalized spacial score (nSPS) is 15.2. The predicted octanol–water partition coefficient (Wildman–Crippen LogP) is 1.90. The third-order valence-corrected chi connectivity index (χ3v) is 4.60. The third-order valence-electron chi connectivity index (χ3n) is 3.57. The molecule has 0 bridgehead atoms. The van der Waals surface area contributed by atoms with Gasteiger partial charge in [0.15, 0.2) is 0 Å². The molecule has 0 radical (unpaired) electrons. The van der Waals surface area contributed by atoms with Crippen LogP contribution in [0.3, 0.4) is 0 Å². The summed E-state index contributed by atoms with van der Waals surface area (Å²) in [5, 5.41) is 0.916. The Labute approximate surface area is 128 Å². The minimum atomic E-state index is -0.764. The SMILES string of the molecule is COC(=O)C(C)(C)c1nc(CCN2CCOC2=O)sc1C. The first-order valence-corrected chi connectivity index (χ1v) is 7.64. The molecule has 1 fully saturated rings. The maximum atomic E-state index is 11.9. The van der Waals surface area contributed by atoms with E-state index < -0.39 is 5.41 Å². The fourth-order valence-electron chi connectivity index (χ4n) is 2.35. The highest BCUT2D eigenvalue weighted by molar-refractivity contribution is 7.11. The van der Waals surface area contributed by atoms with Gasteiger partial charge in [-0.05, 0) is 20.8 Å². The van der Waals surface area contributed by atoms with Gasteiger partial charge in [-0.1, -0.05) is 0 Å². The number of aromatic nitrogens is 1. The molecule has 0 atom stereocenters. The topological polar surface area (TPSA) is 68.7 Å². The Hall–Kier alpha value is -1.63. The third kappa shape index (κ3) is 3.18. The molecular formula is C14H20N2O4S. The number of carbonyl (C=O) groups excluding carboxylic acids is 2. The van der Waals surface area contributed by atoms with Crippen LogP contribution in [0.2, 0.25) is 0 Å². The van der Waals surface area contributed by atoms with E-state index in [0.29, 0.717) is 26.1 Å². The van der Waals surface area contributed by atoms with Crippen LogP contribution in [0.5, 0.6) is 0 Å². The Morgan fingerprint density at radius 2 is 2.24 bits per heavy atom. The van der Waals surface area contributed by atoms with E-state index in [1.54, 1.807) is 16.2 Å². The molecule has 6 nitrogen and oxygen atoms in total. The predicted molar refractivity (Wildman–Crippen MR) is 78.5 cm³/mol. The summed E-state index contributed by atoms with van der Waals surface area (Å²) in [6, 6.07) is 0. The monoisotopic (exact) mass is 312 g/mol. The average Bonchev–Trinajstić information content (AvgIpc) is 3.01. The molecule has 2 rings (SSSR count). The van der Waals surface area contributed by atoms with E-state index in [1.807, 2.05) is 20.8 Å². The smallest absolute Gasteiger partial charge is 0.409 e. The molecule has 0 N–H and O–H groups in total. The van der Waals surface area contributed by atoms with E-state index in [4.69, 9.17) is 9.47 Å². The zero-order valence-electron chi connectivity index (χ0n) is 12.8. The lowest BCUT2D eigenvalue weighted by molar-refractivity contribution is -0.146. The summed E-state index contributed by atoms with van der Waals surface area (Å²) in [4.78, 5) is 30.5. The second kappa shape index (κ2) is 6.01. The molecule has 2 heterocycles. The van der Waals surface area contributed by atoms with Crippen LogP contribution >= 0.6 is 11.3 Å². The van der Waals surface area contributed by atoms with Gasteiger partial charge in [0.2, 0.25) is 0 Å². The molecule has 1 aliphatic heterocycles. The summed E-state index contributed by atoms with van der Waals surface area (Å²) in [7, 11) is 1.38. The van der Waals surface area contributed by atoms with Gasteiger partial charge in [-0.25, -0.2) is 9.78 Å². The second-order valence-electron chi connectivity index (χ2n) is 5.48. The van der Waals surface area contributed by atoms with E-state index in [0.717, 1.165) is 15.6 Å². The van der Waals surface area contributed by atoms with Crippen LogP contribution < -0.4 is 0 Å². The Kier molecular flexibility index (Phi) is 4.51. The molecule has 1 aromatic heterocycles. The van der Waals surface area contributed by atoms with Crippen molar-refractivity contribution >= 4 is 23.4 Å². The van der Waals surface area contributed by atoms with Crippen molar-refractivity contribution < 1.29 is 19.1 Å². The van der Waals surface area contributed by atoms with Gasteiger partial charge < -0.3 is 14.4 Å². The molecule has 0 unspecified atom stereocenters. The molecule has 0 aliphatic carbocycles. The number of esters is 1. The summed E-state index contributed by atoms with van der Waals surface area (Å²) in [5.74, 6) is -0.300. The fraction of sp³-hybridized carbons (Fsp3) is 0.643. The highest BCUT2D eigenvalue weighted by Crippen LogP contribution is 2.30. The van der Waals surface area contributed by atoms with Gasteiger partial charge in [0.1, 0.15) is 12.0 Å². The summed E-state index contributed by atoms with van der Waals surface area (Å²) >= 11 is 1.56. The Balaban J connectivity index is 2.08. The minimum absolute atomic E-state index is 0.265. The highest BCUT2D eigenvalue weighted by atomic mass is 32.1. The van der Waals surface area contributed by atoms with Gasteiger partial charge >= 0.3 is 12.1 Å². The van der Waals surface area contributed by atoms with Crippen LogP contribution in [-0.4, -0.2) is 48.8 Å². The van der Waals surface area contributed by atoms with E-state index in [2.05, 4.69) is 4.98 Å². The molecular weight excluding hydrogens is 292 g/mol. The molecule has 0 spiro atoms. The zero-order valence-corrected chi connectivity index (χ0v) is 13.6. The van der Waals surface area contributed by atoms with Crippen LogP contribution in [-0.2, 0) is 26.1 Å². The molecule has 1 aliphatic rings. The number of ether oxygens (including phenoxy) is 2. The number of cyclic esters (lactones) is 1. The molecule has 1 aromatic rings. The number of aryl methyl sites for hydroxylation is 1. The van der Waals surface area contributed by atoms with Gasteiger partial charge in [0.05, 0.1) is 24.4 Å². The lowest BCUT2D eigenvalue weighted by Gasteiger charge is -2.20. The van der Waals surface area contributed by atoms with Crippen molar-refractivity contribution in [1.29, 1.82) is 0 Å². The number of hydrogen-bond donors (Lipinski definition) is 0. The minimum Gasteiger partial charge on any atom is -0.468 e. The number of hydrogen-bond acceptors (Lipinski definition) is 6. The van der Waals surface area contributed by atoms with Crippen molar-refractivity contribution in [2.24, 2.45) is 0 Å². The summed E-state index contributed by atoms with van der Waals surface area (Å²) < 4.78 is 9.74. The number of rotatable bonds is 5. The van der Waals surface area contributed by atoms with E-state index in [-0.39, 0.29) is 12.1 Å². The molecule has 1 amide bonds. The maximum absolute atomic E-state index is 11.9. The summed E-state index contributed by atoms with van der Waals surface area (Å²) in [6.07, 6.45) is 0.399. The standard InChI is InChI=1S/C14H20N2O4S/c1-9-11(14(2,3)12(17)19-4)15-10(21-9)5-6-16-7-8-20-13(16)18/h5-8H2,1-4H3. The van der Waals surface area contributed by atoms with Crippen molar-refractivity contribution in [3.8, 4) is 0 Å². The Morgan fingerprint density at radius 3 is 2.81 bits per heavy atom. The average molecular weight is 312 g/mol. The van der Waals surface area contributed by atoms with Gasteiger partial charge in [0.25, 0.3) is 0 Å². The van der Waals surface area contributed by atoms with Crippen LogP contribution in [0.25, 0.3) is 0 Å². The summed E-state index contributed by atoms with van der Waals surface area (Å²) in [5.41, 5.74) is -0.0153. The Morgan fingerprint density at radius 1 is 1.52 bits per heavy atom. The number of nitrogens with zero attached hydrogens (tertiary/aromatic N) is 2. The number of amides is 1. The quantitative estimate of drug-likeness (QED) is 0.777. The van der Waals surface area contributed by atoms with Gasteiger partial charge in [-0.2, -0.15) is 0 Å². The maximum Gasteiger partial charge on any atom is 0.409 e. The molecule has 7 heteroatoms. The molecule has 0 aromatic carbocycles. The van der Waals surface area contributed by atoms with Gasteiger partial charge in [0, 0.05) is 17.8 Å². The molecule has 1 saturated heterocycles. The van der Waals surface area contributed by atoms with Crippen molar-refractivity contribution in [3.05, 3.63) is 15.6 Å². The van der Waals surface area contributed by atoms with Crippen molar-refractivity contribution in [2.45, 2.75) is 32.6 Å². The van der Waals surface area contributed by atoms with Crippen LogP contribution in [0, 0.1) is 6.92 Å². The first-order valence-electron chi connectivity index (χ1n) is 6.83. The first-order chi connectivity index (χ1) is 9.86. The highest BCUT2D eigenvalue weighted by Gasteiger charge is 2.35. The number of thiazole rings is 1. The molecule has 116 valence electrons. The van der Waals surface area contributed by atoms with Gasteiger partial charge in [-0.3, -0.25) is 4.79 Å². The van der Waals surface area contributed by atoms with E-state index in [9.17, 15) is 9.59 Å². The molecule has 21 heavy (non-hydrogen) atoms. The van der Waals surface area contributed by atoms with E-state index >= 15 is 0 Å². The number of carbonyl (C=O) groups is 2. The van der Waals surface area contributed by atoms with Crippen LogP contribution in [0.1, 0.15) is 29.4 Å². The van der Waals surface area contributed by atoms with Crippen LogP contribution in [0.4, 0.5) is 4.79 Å². The lowest BCUT2D eigenvalue weighted by atomic mass is 9.89. The molecule has 0 saturated carbocycles. The Bertz CT molecular complexity index is 553. The number of methoxy groups -OCH3 is 1. The summed E-state index contributed by atoms with van der Waals surface area (Å²) in [6.45, 7) is 7.24. The van der Waals surface area contributed by atoms with Gasteiger partial charge in [-0.15, -0.1) is 11.3 Å². The lowest BCUT2D eigenvalue weighted by Crippen LogP contribution is -2.31. The van der Waals surface area contributed by atoms with Crippen molar-refractivity contribution in [1.82, 2.24) is 9.88 Å². The second-order valence-corrected chi connectivity index (χ2v) is 6.77. The van der Waals surface area contributed by atoms with E-state index in [1.165, 1.54) is 7.11 Å². The first kappa shape index (κ1) is 15.8. The zero-order chi connectivity index (χ0) is 15.6. The fourth-order valence-corrected chi connectivity index (χ4v) is 3.43.